The summed E-state index contributed by atoms with van der Waals surface area (Å²) < 4.78 is 25.9. The zero-order chi connectivity index (χ0) is 12.3. The molecular formula is C9H16N2O3S2. The number of hydrogen-bond donors (Lipinski definition) is 3. The maximum atomic E-state index is 11.7. The molecule has 0 aliphatic heterocycles. The van der Waals surface area contributed by atoms with Gasteiger partial charge in [0.1, 0.15) is 4.21 Å². The summed E-state index contributed by atoms with van der Waals surface area (Å²) in [4.78, 5) is 0. The van der Waals surface area contributed by atoms with E-state index in [-0.39, 0.29) is 16.7 Å². The monoisotopic (exact) mass is 264 g/mol. The number of hydrogen-bond acceptors (Lipinski definition) is 5. The Labute approximate surface area is 99.3 Å². The van der Waals surface area contributed by atoms with Gasteiger partial charge in [-0.05, 0) is 12.0 Å². The highest BCUT2D eigenvalue weighted by atomic mass is 32.2. The van der Waals surface area contributed by atoms with Gasteiger partial charge in [0.2, 0.25) is 10.0 Å². The number of aliphatic hydroxyl groups is 1. The van der Waals surface area contributed by atoms with Crippen molar-refractivity contribution in [2.24, 2.45) is 5.92 Å². The van der Waals surface area contributed by atoms with Gasteiger partial charge in [0.25, 0.3) is 0 Å². The lowest BCUT2D eigenvalue weighted by Gasteiger charge is -2.14. The predicted octanol–water partition coefficient (Wildman–Crippen LogP) is 0.625. The van der Waals surface area contributed by atoms with Gasteiger partial charge in [-0.1, -0.05) is 13.8 Å². The summed E-state index contributed by atoms with van der Waals surface area (Å²) in [6, 6.07) is 1.40. The summed E-state index contributed by atoms with van der Waals surface area (Å²) in [5, 5.41) is 11.1. The van der Waals surface area contributed by atoms with E-state index >= 15 is 0 Å². The maximum Gasteiger partial charge on any atom is 0.250 e. The van der Waals surface area contributed by atoms with E-state index in [1.54, 1.807) is 5.38 Å². The Balaban J connectivity index is 2.67. The molecule has 0 fully saturated rings. The second kappa shape index (κ2) is 5.13. The molecule has 5 nitrogen and oxygen atoms in total. The smallest absolute Gasteiger partial charge is 0.250 e. The molecule has 0 spiro atoms. The van der Waals surface area contributed by atoms with E-state index in [1.807, 2.05) is 13.8 Å². The number of aliphatic hydroxyl groups excluding tert-OH is 1. The molecule has 0 radical (unpaired) electrons. The summed E-state index contributed by atoms with van der Waals surface area (Å²) in [6.45, 7) is 3.65. The molecule has 0 saturated carbocycles. The van der Waals surface area contributed by atoms with Crippen LogP contribution in [0.3, 0.4) is 0 Å². The molecule has 1 unspecified atom stereocenters. The minimum absolute atomic E-state index is 0.0103. The van der Waals surface area contributed by atoms with Crippen molar-refractivity contribution in [3.05, 3.63) is 11.4 Å². The molecule has 92 valence electrons. The first-order valence-electron chi connectivity index (χ1n) is 4.84. The molecule has 1 aromatic rings. The van der Waals surface area contributed by atoms with Crippen molar-refractivity contribution < 1.29 is 13.5 Å². The topological polar surface area (TPSA) is 92.4 Å². The second-order valence-corrected chi connectivity index (χ2v) is 6.77. The third-order valence-corrected chi connectivity index (χ3v) is 4.99. The fourth-order valence-electron chi connectivity index (χ4n) is 0.973. The lowest BCUT2D eigenvalue weighted by Crippen LogP contribution is -2.34. The lowest BCUT2D eigenvalue weighted by molar-refractivity contribution is 0.129. The number of sulfonamides is 1. The van der Waals surface area contributed by atoms with Crippen LogP contribution < -0.4 is 10.5 Å². The van der Waals surface area contributed by atoms with E-state index < -0.39 is 16.1 Å². The van der Waals surface area contributed by atoms with Crippen molar-refractivity contribution in [2.75, 3.05) is 12.3 Å². The number of nitrogen functional groups attached to an aromatic ring is 1. The van der Waals surface area contributed by atoms with E-state index in [1.165, 1.54) is 6.07 Å². The van der Waals surface area contributed by atoms with Gasteiger partial charge in [-0.3, -0.25) is 0 Å². The van der Waals surface area contributed by atoms with E-state index in [2.05, 4.69) is 4.72 Å². The van der Waals surface area contributed by atoms with Crippen LogP contribution in [0.5, 0.6) is 0 Å². The number of thiophene rings is 1. The molecule has 0 aromatic carbocycles. The standard InChI is InChI=1S/C9H16N2O3S2/c1-6(2)8(12)4-11-16(13,14)9-3-7(10)5-15-9/h3,5-6,8,11-12H,4,10H2,1-2H3. The summed E-state index contributed by atoms with van der Waals surface area (Å²) in [7, 11) is -3.54. The molecule has 0 bridgehead atoms. The van der Waals surface area contributed by atoms with Crippen molar-refractivity contribution in [3.8, 4) is 0 Å². The maximum absolute atomic E-state index is 11.7. The van der Waals surface area contributed by atoms with Crippen molar-refractivity contribution in [3.63, 3.8) is 0 Å². The van der Waals surface area contributed by atoms with Gasteiger partial charge in [0.15, 0.2) is 0 Å². The molecule has 0 aliphatic carbocycles. The van der Waals surface area contributed by atoms with Crippen LogP contribution >= 0.6 is 11.3 Å². The first-order valence-corrected chi connectivity index (χ1v) is 7.21. The van der Waals surface area contributed by atoms with Gasteiger partial charge in [0, 0.05) is 17.6 Å². The van der Waals surface area contributed by atoms with Gasteiger partial charge in [-0.2, -0.15) is 0 Å². The van der Waals surface area contributed by atoms with Crippen LogP contribution in [0.4, 0.5) is 5.69 Å². The fourth-order valence-corrected chi connectivity index (χ4v) is 3.15. The summed E-state index contributed by atoms with van der Waals surface area (Å²) in [5.74, 6) is 0.0103. The molecule has 0 amide bonds. The highest BCUT2D eigenvalue weighted by molar-refractivity contribution is 7.91. The summed E-state index contributed by atoms with van der Waals surface area (Å²) in [5.41, 5.74) is 5.87. The Bertz CT molecular complexity index is 439. The Kier molecular flexibility index (Phi) is 4.31. The van der Waals surface area contributed by atoms with Crippen LogP contribution in [-0.4, -0.2) is 26.2 Å². The molecule has 1 rings (SSSR count). The molecular weight excluding hydrogens is 248 g/mol. The largest absolute Gasteiger partial charge is 0.398 e. The normalized spacial score (nSPS) is 14.2. The zero-order valence-electron chi connectivity index (χ0n) is 9.17. The number of nitrogens with one attached hydrogen (secondary N) is 1. The molecule has 0 aliphatic rings. The van der Waals surface area contributed by atoms with Gasteiger partial charge in [-0.15, -0.1) is 11.3 Å². The minimum Gasteiger partial charge on any atom is -0.398 e. The van der Waals surface area contributed by atoms with Gasteiger partial charge in [0.05, 0.1) is 6.10 Å². The average molecular weight is 264 g/mol. The molecule has 1 atom stereocenters. The summed E-state index contributed by atoms with van der Waals surface area (Å²) >= 11 is 1.06. The van der Waals surface area contributed by atoms with Crippen molar-refractivity contribution in [1.82, 2.24) is 4.72 Å². The molecule has 0 saturated heterocycles. The van der Waals surface area contributed by atoms with Crippen molar-refractivity contribution in [1.29, 1.82) is 0 Å². The van der Waals surface area contributed by atoms with Crippen LogP contribution in [0.2, 0.25) is 0 Å². The van der Waals surface area contributed by atoms with Gasteiger partial charge in [-0.25, -0.2) is 13.1 Å². The number of anilines is 1. The Morgan fingerprint density at radius 3 is 2.62 bits per heavy atom. The van der Waals surface area contributed by atoms with Crippen molar-refractivity contribution >= 4 is 27.0 Å². The highest BCUT2D eigenvalue weighted by Gasteiger charge is 2.18. The molecule has 16 heavy (non-hydrogen) atoms. The first-order chi connectivity index (χ1) is 7.33. The number of rotatable bonds is 5. The average Bonchev–Trinajstić information content (AvgIpc) is 2.61. The Morgan fingerprint density at radius 2 is 2.19 bits per heavy atom. The molecule has 4 N–H and O–H groups in total. The number of nitrogens with two attached hydrogens (primary N) is 1. The minimum atomic E-state index is -3.54. The third-order valence-electron chi connectivity index (χ3n) is 2.11. The predicted molar refractivity (Wildman–Crippen MR) is 64.8 cm³/mol. The molecule has 7 heteroatoms. The Hall–Kier alpha value is -0.630. The van der Waals surface area contributed by atoms with E-state index in [0.717, 1.165) is 11.3 Å². The van der Waals surface area contributed by atoms with Gasteiger partial charge < -0.3 is 10.8 Å². The van der Waals surface area contributed by atoms with Crippen LogP contribution in [-0.2, 0) is 10.0 Å². The SMILES string of the molecule is CC(C)C(O)CNS(=O)(=O)c1cc(N)cs1. The fraction of sp³-hybridized carbons (Fsp3) is 0.556. The van der Waals surface area contributed by atoms with E-state index in [0.29, 0.717) is 5.69 Å². The van der Waals surface area contributed by atoms with E-state index in [9.17, 15) is 13.5 Å². The lowest BCUT2D eigenvalue weighted by atomic mass is 10.1. The van der Waals surface area contributed by atoms with Crippen LogP contribution in [0.1, 0.15) is 13.8 Å². The van der Waals surface area contributed by atoms with Crippen LogP contribution in [0, 0.1) is 5.92 Å². The van der Waals surface area contributed by atoms with Crippen LogP contribution in [0.15, 0.2) is 15.7 Å². The van der Waals surface area contributed by atoms with Crippen LogP contribution in [0.25, 0.3) is 0 Å². The summed E-state index contributed by atoms with van der Waals surface area (Å²) in [6.07, 6.45) is -0.688. The first kappa shape index (κ1) is 13.4. The van der Waals surface area contributed by atoms with Crippen molar-refractivity contribution in [2.45, 2.75) is 24.2 Å². The quantitative estimate of drug-likeness (QED) is 0.727. The second-order valence-electron chi connectivity index (χ2n) is 3.86. The highest BCUT2D eigenvalue weighted by Crippen LogP contribution is 2.21. The van der Waals surface area contributed by atoms with E-state index in [4.69, 9.17) is 5.73 Å². The molecule has 1 aromatic heterocycles. The van der Waals surface area contributed by atoms with Gasteiger partial charge >= 0.3 is 0 Å². The molecule has 1 heterocycles. The Morgan fingerprint density at radius 1 is 1.56 bits per heavy atom. The third kappa shape index (κ3) is 3.44. The zero-order valence-corrected chi connectivity index (χ0v) is 10.8.